The first kappa shape index (κ1) is 10.9. The molecule has 0 aromatic carbocycles. The highest BCUT2D eigenvalue weighted by Gasteiger charge is 2.42. The van der Waals surface area contributed by atoms with E-state index >= 15 is 0 Å². The Morgan fingerprint density at radius 1 is 1.40 bits per heavy atom. The normalized spacial score (nSPS) is 38.1. The number of hydrogen-bond donors (Lipinski definition) is 2. The summed E-state index contributed by atoms with van der Waals surface area (Å²) in [5.41, 5.74) is 10.5. The molecule has 86 valence electrons. The van der Waals surface area contributed by atoms with Gasteiger partial charge in [-0.15, -0.1) is 0 Å². The molecule has 1 saturated carbocycles. The van der Waals surface area contributed by atoms with Gasteiger partial charge in [0.1, 0.15) is 0 Å². The quantitative estimate of drug-likeness (QED) is 0.620. The lowest BCUT2D eigenvalue weighted by molar-refractivity contribution is -0.123. The van der Waals surface area contributed by atoms with Gasteiger partial charge in [-0.1, -0.05) is 0 Å². The highest BCUT2D eigenvalue weighted by molar-refractivity contribution is 5.84. The van der Waals surface area contributed by atoms with E-state index < -0.39 is 5.54 Å². The Balaban J connectivity index is 1.94. The summed E-state index contributed by atoms with van der Waals surface area (Å²) in [6.07, 6.45) is 2.38. The van der Waals surface area contributed by atoms with Gasteiger partial charge < -0.3 is 16.2 Å². The minimum absolute atomic E-state index is 0.363. The zero-order chi connectivity index (χ0) is 10.9. The molecule has 5 nitrogen and oxygen atoms in total. The van der Waals surface area contributed by atoms with Crippen LogP contribution in [0.25, 0.3) is 0 Å². The van der Waals surface area contributed by atoms with Gasteiger partial charge >= 0.3 is 0 Å². The van der Waals surface area contributed by atoms with Gasteiger partial charge in [0.15, 0.2) is 0 Å². The number of amides is 1. The molecule has 5 heteroatoms. The standard InChI is InChI=1S/C10H19N3O2/c11-9(14)10(12)2-1-8(7-10)13-3-5-15-6-4-13/h8H,1-7,12H2,(H2,11,14). The molecule has 0 radical (unpaired) electrons. The van der Waals surface area contributed by atoms with Crippen molar-refractivity contribution in [2.45, 2.75) is 30.8 Å². The number of primary amides is 1. The van der Waals surface area contributed by atoms with E-state index in [2.05, 4.69) is 4.90 Å². The van der Waals surface area contributed by atoms with Crippen molar-refractivity contribution in [2.75, 3.05) is 26.3 Å². The summed E-state index contributed by atoms with van der Waals surface area (Å²) < 4.78 is 5.29. The monoisotopic (exact) mass is 213 g/mol. The van der Waals surface area contributed by atoms with E-state index in [4.69, 9.17) is 16.2 Å². The smallest absolute Gasteiger partial charge is 0.237 e. The number of ether oxygens (including phenoxy) is 1. The maximum Gasteiger partial charge on any atom is 0.237 e. The van der Waals surface area contributed by atoms with Crippen LogP contribution >= 0.6 is 0 Å². The summed E-state index contributed by atoms with van der Waals surface area (Å²) in [5, 5.41) is 0. The van der Waals surface area contributed by atoms with E-state index in [1.54, 1.807) is 0 Å². The lowest BCUT2D eigenvalue weighted by atomic mass is 9.98. The third kappa shape index (κ3) is 2.14. The number of carbonyl (C=O) groups is 1. The average Bonchev–Trinajstić information content (AvgIpc) is 2.64. The lowest BCUT2D eigenvalue weighted by Gasteiger charge is -2.32. The molecular formula is C10H19N3O2. The first-order valence-corrected chi connectivity index (χ1v) is 5.52. The first-order chi connectivity index (χ1) is 7.12. The van der Waals surface area contributed by atoms with Gasteiger partial charge in [-0.3, -0.25) is 9.69 Å². The largest absolute Gasteiger partial charge is 0.379 e. The second-order valence-electron chi connectivity index (χ2n) is 4.57. The van der Waals surface area contributed by atoms with Crippen LogP contribution in [0.15, 0.2) is 0 Å². The minimum Gasteiger partial charge on any atom is -0.379 e. The Hall–Kier alpha value is -0.650. The van der Waals surface area contributed by atoms with Crippen LogP contribution in [0.4, 0.5) is 0 Å². The first-order valence-electron chi connectivity index (χ1n) is 5.52. The fraction of sp³-hybridized carbons (Fsp3) is 0.900. The van der Waals surface area contributed by atoms with Crippen molar-refractivity contribution in [3.05, 3.63) is 0 Å². The molecule has 0 bridgehead atoms. The molecule has 2 rings (SSSR count). The number of morpholine rings is 1. The second-order valence-corrected chi connectivity index (χ2v) is 4.57. The van der Waals surface area contributed by atoms with E-state index in [1.807, 2.05) is 0 Å². The molecule has 1 saturated heterocycles. The van der Waals surface area contributed by atoms with Crippen LogP contribution in [-0.2, 0) is 9.53 Å². The number of hydrogen-bond acceptors (Lipinski definition) is 4. The zero-order valence-electron chi connectivity index (χ0n) is 8.95. The van der Waals surface area contributed by atoms with E-state index in [0.29, 0.717) is 18.9 Å². The molecule has 2 atom stereocenters. The SMILES string of the molecule is NC(=O)C1(N)CCC(N2CCOCC2)C1. The second kappa shape index (κ2) is 4.08. The van der Waals surface area contributed by atoms with E-state index in [1.165, 1.54) is 0 Å². The van der Waals surface area contributed by atoms with Crippen LogP contribution in [-0.4, -0.2) is 48.7 Å². The molecule has 2 fully saturated rings. The molecule has 1 heterocycles. The van der Waals surface area contributed by atoms with Crippen molar-refractivity contribution in [1.29, 1.82) is 0 Å². The number of nitrogens with zero attached hydrogens (tertiary/aromatic N) is 1. The van der Waals surface area contributed by atoms with Crippen LogP contribution < -0.4 is 11.5 Å². The number of rotatable bonds is 2. The number of nitrogens with two attached hydrogens (primary N) is 2. The molecule has 0 spiro atoms. The lowest BCUT2D eigenvalue weighted by Crippen LogP contribution is -2.51. The van der Waals surface area contributed by atoms with Crippen molar-refractivity contribution in [3.8, 4) is 0 Å². The van der Waals surface area contributed by atoms with Gasteiger partial charge in [-0.05, 0) is 19.3 Å². The molecule has 0 aromatic heterocycles. The minimum atomic E-state index is -0.775. The third-order valence-electron chi connectivity index (χ3n) is 3.58. The predicted molar refractivity (Wildman–Crippen MR) is 56.1 cm³/mol. The van der Waals surface area contributed by atoms with E-state index in [-0.39, 0.29) is 5.91 Å². The molecule has 1 aliphatic carbocycles. The van der Waals surface area contributed by atoms with Gasteiger partial charge in [0.25, 0.3) is 0 Å². The molecule has 1 aliphatic heterocycles. The Morgan fingerprint density at radius 2 is 2.07 bits per heavy atom. The van der Waals surface area contributed by atoms with Gasteiger partial charge in [-0.2, -0.15) is 0 Å². The molecule has 2 aliphatic rings. The molecule has 4 N–H and O–H groups in total. The van der Waals surface area contributed by atoms with Crippen molar-refractivity contribution < 1.29 is 9.53 Å². The summed E-state index contributed by atoms with van der Waals surface area (Å²) in [5.74, 6) is -0.363. The highest BCUT2D eigenvalue weighted by Crippen LogP contribution is 2.31. The number of carbonyl (C=O) groups excluding carboxylic acids is 1. The highest BCUT2D eigenvalue weighted by atomic mass is 16.5. The van der Waals surface area contributed by atoms with Gasteiger partial charge in [0, 0.05) is 19.1 Å². The van der Waals surface area contributed by atoms with Crippen molar-refractivity contribution in [2.24, 2.45) is 11.5 Å². The molecule has 0 aromatic rings. The molecule has 15 heavy (non-hydrogen) atoms. The van der Waals surface area contributed by atoms with Crippen LogP contribution in [0.2, 0.25) is 0 Å². The van der Waals surface area contributed by atoms with E-state index in [9.17, 15) is 4.79 Å². The molecule has 1 amide bonds. The topological polar surface area (TPSA) is 81.6 Å². The van der Waals surface area contributed by atoms with Crippen LogP contribution in [0, 0.1) is 0 Å². The maximum atomic E-state index is 11.2. The predicted octanol–water partition coefficient (Wildman–Crippen LogP) is -0.946. The van der Waals surface area contributed by atoms with E-state index in [0.717, 1.165) is 32.7 Å². The van der Waals surface area contributed by atoms with Gasteiger partial charge in [0.2, 0.25) is 5.91 Å². The van der Waals surface area contributed by atoms with Gasteiger partial charge in [-0.25, -0.2) is 0 Å². The summed E-state index contributed by atoms with van der Waals surface area (Å²) in [6.45, 7) is 3.45. The van der Waals surface area contributed by atoms with Crippen molar-refractivity contribution >= 4 is 5.91 Å². The fourth-order valence-corrected chi connectivity index (χ4v) is 2.53. The fourth-order valence-electron chi connectivity index (χ4n) is 2.53. The molecular weight excluding hydrogens is 194 g/mol. The summed E-state index contributed by atoms with van der Waals surface area (Å²) in [6, 6.07) is 0.409. The summed E-state index contributed by atoms with van der Waals surface area (Å²) in [7, 11) is 0. The Morgan fingerprint density at radius 3 is 2.60 bits per heavy atom. The Bertz CT molecular complexity index is 253. The van der Waals surface area contributed by atoms with Crippen molar-refractivity contribution in [3.63, 3.8) is 0 Å². The summed E-state index contributed by atoms with van der Waals surface area (Å²) in [4.78, 5) is 13.6. The van der Waals surface area contributed by atoms with Crippen LogP contribution in [0.1, 0.15) is 19.3 Å². The maximum absolute atomic E-state index is 11.2. The Kier molecular flexibility index (Phi) is 2.95. The zero-order valence-corrected chi connectivity index (χ0v) is 8.95. The average molecular weight is 213 g/mol. The Labute approximate surface area is 89.7 Å². The summed E-state index contributed by atoms with van der Waals surface area (Å²) >= 11 is 0. The van der Waals surface area contributed by atoms with Gasteiger partial charge in [0.05, 0.1) is 18.8 Å². The van der Waals surface area contributed by atoms with Crippen LogP contribution in [0.3, 0.4) is 0 Å². The van der Waals surface area contributed by atoms with Crippen molar-refractivity contribution in [1.82, 2.24) is 4.90 Å². The molecule has 2 unspecified atom stereocenters. The third-order valence-corrected chi connectivity index (χ3v) is 3.58. The van der Waals surface area contributed by atoms with Crippen LogP contribution in [0.5, 0.6) is 0 Å².